The largest absolute Gasteiger partial charge is 0.466 e. The van der Waals surface area contributed by atoms with E-state index in [4.69, 9.17) is 4.74 Å². The Morgan fingerprint density at radius 3 is 2.62 bits per heavy atom. The van der Waals surface area contributed by atoms with E-state index in [0.717, 1.165) is 44.0 Å². The maximum atomic E-state index is 11.9. The second-order valence-electron chi connectivity index (χ2n) is 6.55. The normalized spacial score (nSPS) is 17.0. The number of carbonyl (C=O) groups is 1. The molecule has 0 amide bonds. The van der Waals surface area contributed by atoms with Crippen molar-refractivity contribution < 1.29 is 14.6 Å². The number of ether oxygens (including phenoxy) is 1. The van der Waals surface area contributed by atoms with E-state index < -0.39 is 6.10 Å². The summed E-state index contributed by atoms with van der Waals surface area (Å²) in [5.41, 5.74) is 1.11. The predicted molar refractivity (Wildman–Crippen MR) is 103 cm³/mol. The van der Waals surface area contributed by atoms with Crippen molar-refractivity contribution >= 4 is 11.9 Å². The first-order chi connectivity index (χ1) is 12.6. The fourth-order valence-electron chi connectivity index (χ4n) is 3.16. The number of aliphatic imine (C=N–C) groups is 1. The number of aliphatic hydroxyl groups is 1. The van der Waals surface area contributed by atoms with Crippen LogP contribution in [0.25, 0.3) is 0 Å². The number of hydrogen-bond donors (Lipinski definition) is 2. The molecule has 1 atom stereocenters. The van der Waals surface area contributed by atoms with Gasteiger partial charge in [-0.15, -0.1) is 0 Å². The molecular weight excluding hydrogens is 330 g/mol. The molecule has 144 valence electrons. The van der Waals surface area contributed by atoms with Crippen molar-refractivity contribution in [2.75, 3.05) is 32.8 Å². The van der Waals surface area contributed by atoms with Gasteiger partial charge in [-0.1, -0.05) is 30.3 Å². The molecule has 1 aliphatic heterocycles. The highest BCUT2D eigenvalue weighted by Crippen LogP contribution is 2.18. The van der Waals surface area contributed by atoms with Crippen molar-refractivity contribution in [1.82, 2.24) is 10.2 Å². The van der Waals surface area contributed by atoms with Gasteiger partial charge >= 0.3 is 5.97 Å². The summed E-state index contributed by atoms with van der Waals surface area (Å²) in [7, 11) is 0. The zero-order valence-electron chi connectivity index (χ0n) is 15.9. The number of aliphatic hydroxyl groups excluding tert-OH is 1. The van der Waals surface area contributed by atoms with Crippen LogP contribution in [0.4, 0.5) is 0 Å². The Labute approximate surface area is 156 Å². The third kappa shape index (κ3) is 6.33. The van der Waals surface area contributed by atoms with Crippen LogP contribution in [0.1, 0.15) is 32.3 Å². The third-order valence-corrected chi connectivity index (χ3v) is 4.52. The number of nitrogens with one attached hydrogen (secondary N) is 1. The van der Waals surface area contributed by atoms with E-state index in [0.29, 0.717) is 19.6 Å². The molecule has 1 aromatic carbocycles. The molecule has 0 aromatic heterocycles. The third-order valence-electron chi connectivity index (χ3n) is 4.52. The molecule has 1 aliphatic rings. The number of nitrogens with zero attached hydrogens (tertiary/aromatic N) is 2. The number of piperidine rings is 1. The second kappa shape index (κ2) is 10.8. The van der Waals surface area contributed by atoms with Gasteiger partial charge in [0.1, 0.15) is 0 Å². The summed E-state index contributed by atoms with van der Waals surface area (Å²) in [4.78, 5) is 18.6. The summed E-state index contributed by atoms with van der Waals surface area (Å²) in [5.74, 6) is 0.701. The van der Waals surface area contributed by atoms with Crippen molar-refractivity contribution in [2.45, 2.75) is 39.2 Å². The van der Waals surface area contributed by atoms with E-state index in [1.807, 2.05) is 44.2 Å². The Balaban J connectivity index is 1.87. The number of rotatable bonds is 7. The molecule has 1 fully saturated rings. The molecule has 1 unspecified atom stereocenters. The maximum Gasteiger partial charge on any atom is 0.309 e. The number of guanidine groups is 1. The van der Waals surface area contributed by atoms with Crippen LogP contribution in [0.5, 0.6) is 0 Å². The van der Waals surface area contributed by atoms with E-state index in [2.05, 4.69) is 15.2 Å². The minimum absolute atomic E-state index is 0.0160. The van der Waals surface area contributed by atoms with E-state index in [1.54, 1.807) is 0 Å². The van der Waals surface area contributed by atoms with Crippen molar-refractivity contribution in [1.29, 1.82) is 0 Å². The minimum atomic E-state index is -0.511. The Bertz CT molecular complexity index is 569. The van der Waals surface area contributed by atoms with Gasteiger partial charge in [0, 0.05) is 26.1 Å². The molecule has 6 heteroatoms. The van der Waals surface area contributed by atoms with Crippen molar-refractivity contribution in [3.05, 3.63) is 35.9 Å². The second-order valence-corrected chi connectivity index (χ2v) is 6.55. The van der Waals surface area contributed by atoms with Crippen LogP contribution in [0.15, 0.2) is 35.3 Å². The van der Waals surface area contributed by atoms with Crippen LogP contribution in [0, 0.1) is 5.92 Å². The quantitative estimate of drug-likeness (QED) is 0.440. The van der Waals surface area contributed by atoms with Gasteiger partial charge in [0.05, 0.1) is 25.2 Å². The summed E-state index contributed by atoms with van der Waals surface area (Å²) >= 11 is 0. The summed E-state index contributed by atoms with van der Waals surface area (Å²) < 4.78 is 5.12. The molecule has 0 aliphatic carbocycles. The van der Waals surface area contributed by atoms with Crippen LogP contribution in [-0.4, -0.2) is 60.8 Å². The lowest BCUT2D eigenvalue weighted by Gasteiger charge is -2.33. The Kier molecular flexibility index (Phi) is 8.41. The van der Waals surface area contributed by atoms with E-state index in [-0.39, 0.29) is 11.9 Å². The molecule has 0 radical (unpaired) electrons. The van der Waals surface area contributed by atoms with Crippen LogP contribution >= 0.6 is 0 Å². The number of likely N-dealkylation sites (tertiary alicyclic amines) is 1. The Morgan fingerprint density at radius 1 is 1.31 bits per heavy atom. The van der Waals surface area contributed by atoms with Crippen LogP contribution in [0.3, 0.4) is 0 Å². The predicted octanol–water partition coefficient (Wildman–Crippen LogP) is 1.83. The topological polar surface area (TPSA) is 74.2 Å². The average molecular weight is 361 g/mol. The summed E-state index contributed by atoms with van der Waals surface area (Å²) in [6.45, 7) is 6.96. The highest BCUT2D eigenvalue weighted by atomic mass is 16.5. The molecule has 2 N–H and O–H groups in total. The van der Waals surface area contributed by atoms with Gasteiger partial charge in [0.25, 0.3) is 0 Å². The standard InChI is InChI=1S/C20H31N3O3/c1-3-21-20(22-15-18(24)14-16-8-6-5-7-9-16)23-12-10-17(11-13-23)19(25)26-4-2/h5-9,17-18,24H,3-4,10-15H2,1-2H3,(H,21,22). The zero-order valence-corrected chi connectivity index (χ0v) is 15.9. The fourth-order valence-corrected chi connectivity index (χ4v) is 3.16. The number of benzene rings is 1. The summed E-state index contributed by atoms with van der Waals surface area (Å²) in [5, 5.41) is 13.6. The van der Waals surface area contributed by atoms with Gasteiger partial charge in [0.2, 0.25) is 0 Å². The Hall–Kier alpha value is -2.08. The SMILES string of the molecule is CCNC(=NCC(O)Cc1ccccc1)N1CCC(C(=O)OCC)CC1. The molecule has 6 nitrogen and oxygen atoms in total. The van der Waals surface area contributed by atoms with Crippen molar-refractivity contribution in [3.8, 4) is 0 Å². The van der Waals surface area contributed by atoms with Crippen LogP contribution in [-0.2, 0) is 16.0 Å². The van der Waals surface area contributed by atoms with Crippen molar-refractivity contribution in [2.24, 2.45) is 10.9 Å². The van der Waals surface area contributed by atoms with Gasteiger partial charge in [-0.05, 0) is 32.3 Å². The molecule has 2 rings (SSSR count). The van der Waals surface area contributed by atoms with Crippen LogP contribution < -0.4 is 5.32 Å². The monoisotopic (exact) mass is 361 g/mol. The first-order valence-corrected chi connectivity index (χ1v) is 9.55. The molecular formula is C20H31N3O3. The number of carbonyl (C=O) groups excluding carboxylic acids is 1. The van der Waals surface area contributed by atoms with Gasteiger partial charge in [0.15, 0.2) is 5.96 Å². The molecule has 0 spiro atoms. The van der Waals surface area contributed by atoms with Crippen molar-refractivity contribution in [3.63, 3.8) is 0 Å². The van der Waals surface area contributed by atoms with Gasteiger partial charge in [-0.2, -0.15) is 0 Å². The van der Waals surface area contributed by atoms with E-state index in [9.17, 15) is 9.90 Å². The highest BCUT2D eigenvalue weighted by Gasteiger charge is 2.27. The Morgan fingerprint density at radius 2 is 2.00 bits per heavy atom. The molecule has 1 heterocycles. The minimum Gasteiger partial charge on any atom is -0.466 e. The van der Waals surface area contributed by atoms with Gasteiger partial charge in [-0.3, -0.25) is 9.79 Å². The highest BCUT2D eigenvalue weighted by molar-refractivity contribution is 5.80. The maximum absolute atomic E-state index is 11.9. The first kappa shape index (κ1) is 20.2. The lowest BCUT2D eigenvalue weighted by atomic mass is 9.97. The molecule has 1 aromatic rings. The number of esters is 1. The molecule has 26 heavy (non-hydrogen) atoms. The zero-order chi connectivity index (χ0) is 18.8. The van der Waals surface area contributed by atoms with E-state index in [1.165, 1.54) is 0 Å². The number of hydrogen-bond acceptors (Lipinski definition) is 4. The van der Waals surface area contributed by atoms with Crippen LogP contribution in [0.2, 0.25) is 0 Å². The molecule has 0 bridgehead atoms. The summed E-state index contributed by atoms with van der Waals surface area (Å²) in [6, 6.07) is 9.94. The van der Waals surface area contributed by atoms with E-state index >= 15 is 0 Å². The first-order valence-electron chi connectivity index (χ1n) is 9.55. The van der Waals surface area contributed by atoms with Gasteiger partial charge < -0.3 is 20.1 Å². The lowest BCUT2D eigenvalue weighted by Crippen LogP contribution is -2.47. The lowest BCUT2D eigenvalue weighted by molar-refractivity contribution is -0.149. The molecule has 1 saturated heterocycles. The average Bonchev–Trinajstić information content (AvgIpc) is 2.66. The fraction of sp³-hybridized carbons (Fsp3) is 0.600. The smallest absolute Gasteiger partial charge is 0.309 e. The molecule has 0 saturated carbocycles. The summed E-state index contributed by atoms with van der Waals surface area (Å²) in [6.07, 6.45) is 1.63. The van der Waals surface area contributed by atoms with Gasteiger partial charge in [-0.25, -0.2) is 0 Å².